The number of benzene rings is 1. The van der Waals surface area contributed by atoms with Crippen molar-refractivity contribution >= 4 is 28.3 Å². The average molecular weight is 292 g/mol. The molecule has 3 N–H and O–H groups in total. The molecule has 0 saturated carbocycles. The van der Waals surface area contributed by atoms with Gasteiger partial charge in [0.2, 0.25) is 0 Å². The van der Waals surface area contributed by atoms with Crippen LogP contribution in [0.3, 0.4) is 0 Å². The maximum atomic E-state index is 9.74. The number of phenols is 1. The quantitative estimate of drug-likeness (QED) is 0.880. The molecule has 1 rings (SSSR count). The van der Waals surface area contributed by atoms with Gasteiger partial charge in [-0.2, -0.15) is 5.26 Å². The third-order valence-corrected chi connectivity index (χ3v) is 2.79. The number of halogens is 2. The van der Waals surface area contributed by atoms with Crippen LogP contribution in [0.15, 0.2) is 16.6 Å². The third-order valence-electron chi connectivity index (χ3n) is 2.09. The van der Waals surface area contributed by atoms with Gasteiger partial charge in [-0.25, -0.2) is 0 Å². The van der Waals surface area contributed by atoms with Crippen molar-refractivity contribution in [1.29, 1.82) is 5.26 Å². The molecule has 3 nitrogen and oxygen atoms in total. The van der Waals surface area contributed by atoms with Crippen LogP contribution in [0, 0.1) is 11.3 Å². The van der Waals surface area contributed by atoms with Gasteiger partial charge in [-0.05, 0) is 18.6 Å². The highest BCUT2D eigenvalue weighted by Gasteiger charge is 2.15. The molecular weight excluding hydrogens is 279 g/mol. The number of hydrogen-bond acceptors (Lipinski definition) is 3. The summed E-state index contributed by atoms with van der Waals surface area (Å²) in [6, 6.07) is 4.95. The van der Waals surface area contributed by atoms with Crippen molar-refractivity contribution < 1.29 is 5.11 Å². The molecule has 0 bridgehead atoms. The lowest BCUT2D eigenvalue weighted by Gasteiger charge is -2.14. The third kappa shape index (κ3) is 2.85. The summed E-state index contributed by atoms with van der Waals surface area (Å²) in [5.74, 6) is -0.0174. The second kappa shape index (κ2) is 5.96. The molecule has 1 aromatic carbocycles. The van der Waals surface area contributed by atoms with Crippen molar-refractivity contribution in [2.24, 2.45) is 5.73 Å². The molecule has 0 spiro atoms. The van der Waals surface area contributed by atoms with Crippen molar-refractivity contribution in [3.8, 4) is 11.8 Å². The highest BCUT2D eigenvalue weighted by Crippen LogP contribution is 2.34. The number of aromatic hydroxyl groups is 1. The molecular formula is C10H12BrClN2O. The Morgan fingerprint density at radius 2 is 2.20 bits per heavy atom. The SMILES string of the molecule is CC[C@@H](N)c1c(Br)ccc(C#N)c1O.Cl. The molecule has 0 heterocycles. The fourth-order valence-corrected chi connectivity index (χ4v) is 1.84. The number of nitriles is 1. The zero-order chi connectivity index (χ0) is 10.7. The van der Waals surface area contributed by atoms with E-state index in [0.29, 0.717) is 12.0 Å². The number of nitrogens with zero attached hydrogens (tertiary/aromatic N) is 1. The maximum absolute atomic E-state index is 9.74. The summed E-state index contributed by atoms with van der Waals surface area (Å²) in [6.45, 7) is 1.93. The van der Waals surface area contributed by atoms with Crippen LogP contribution in [-0.4, -0.2) is 5.11 Å². The van der Waals surface area contributed by atoms with Gasteiger partial charge >= 0.3 is 0 Å². The lowest BCUT2D eigenvalue weighted by Crippen LogP contribution is -2.10. The first-order valence-corrected chi connectivity index (χ1v) is 5.08. The van der Waals surface area contributed by atoms with E-state index in [2.05, 4.69) is 15.9 Å². The zero-order valence-corrected chi connectivity index (χ0v) is 10.6. The molecule has 1 aromatic rings. The molecule has 0 fully saturated rings. The molecule has 0 aromatic heterocycles. The highest BCUT2D eigenvalue weighted by molar-refractivity contribution is 9.10. The summed E-state index contributed by atoms with van der Waals surface area (Å²) in [5.41, 5.74) is 6.68. The molecule has 0 unspecified atom stereocenters. The zero-order valence-electron chi connectivity index (χ0n) is 8.20. The number of rotatable bonds is 2. The molecule has 0 saturated heterocycles. The minimum atomic E-state index is -0.252. The monoisotopic (exact) mass is 290 g/mol. The van der Waals surface area contributed by atoms with Crippen molar-refractivity contribution in [2.45, 2.75) is 19.4 Å². The van der Waals surface area contributed by atoms with Gasteiger partial charge in [-0.15, -0.1) is 12.4 Å². The summed E-state index contributed by atoms with van der Waals surface area (Å²) in [5, 5.41) is 18.5. The molecule has 82 valence electrons. The molecule has 5 heteroatoms. The topological polar surface area (TPSA) is 70.0 Å². The van der Waals surface area contributed by atoms with Gasteiger partial charge in [0, 0.05) is 16.1 Å². The van der Waals surface area contributed by atoms with Gasteiger partial charge in [0.05, 0.1) is 5.56 Å². The smallest absolute Gasteiger partial charge is 0.139 e. The summed E-state index contributed by atoms with van der Waals surface area (Å²) in [6.07, 6.45) is 0.709. The van der Waals surface area contributed by atoms with Gasteiger partial charge < -0.3 is 10.8 Å². The normalized spacial score (nSPS) is 11.3. The van der Waals surface area contributed by atoms with Gasteiger partial charge in [0.15, 0.2) is 0 Å². The first-order valence-electron chi connectivity index (χ1n) is 4.28. The number of phenolic OH excluding ortho intramolecular Hbond substituents is 1. The first kappa shape index (κ1) is 14.2. The van der Waals surface area contributed by atoms with Gasteiger partial charge in [0.1, 0.15) is 11.8 Å². The molecule has 0 aliphatic rings. The fourth-order valence-electron chi connectivity index (χ4n) is 1.23. The van der Waals surface area contributed by atoms with E-state index in [1.807, 2.05) is 13.0 Å². The Kier molecular flexibility index (Phi) is 5.66. The lowest BCUT2D eigenvalue weighted by atomic mass is 10.0. The molecule has 15 heavy (non-hydrogen) atoms. The van der Waals surface area contributed by atoms with Crippen molar-refractivity contribution in [2.75, 3.05) is 0 Å². The predicted molar refractivity (Wildman–Crippen MR) is 65.0 cm³/mol. The van der Waals surface area contributed by atoms with Crippen LogP contribution in [0.2, 0.25) is 0 Å². The largest absolute Gasteiger partial charge is 0.506 e. The van der Waals surface area contributed by atoms with Gasteiger partial charge in [-0.1, -0.05) is 22.9 Å². The van der Waals surface area contributed by atoms with Crippen molar-refractivity contribution in [1.82, 2.24) is 0 Å². The fraction of sp³-hybridized carbons (Fsp3) is 0.300. The van der Waals surface area contributed by atoms with Crippen LogP contribution < -0.4 is 5.73 Å². The van der Waals surface area contributed by atoms with E-state index in [1.165, 1.54) is 0 Å². The second-order valence-corrected chi connectivity index (χ2v) is 3.84. The van der Waals surface area contributed by atoms with Crippen LogP contribution in [-0.2, 0) is 0 Å². The van der Waals surface area contributed by atoms with Crippen LogP contribution >= 0.6 is 28.3 Å². The minimum absolute atomic E-state index is 0. The summed E-state index contributed by atoms with van der Waals surface area (Å²) < 4.78 is 0.739. The van der Waals surface area contributed by atoms with Gasteiger partial charge in [-0.3, -0.25) is 0 Å². The van der Waals surface area contributed by atoms with Crippen LogP contribution in [0.4, 0.5) is 0 Å². The van der Waals surface area contributed by atoms with Crippen molar-refractivity contribution in [3.05, 3.63) is 27.7 Å². The van der Waals surface area contributed by atoms with Gasteiger partial charge in [0.25, 0.3) is 0 Å². The van der Waals surface area contributed by atoms with E-state index in [-0.39, 0.29) is 29.8 Å². The Hall–Kier alpha value is -0.760. The Morgan fingerprint density at radius 3 is 2.67 bits per heavy atom. The Labute approximate surface area is 103 Å². The number of hydrogen-bond donors (Lipinski definition) is 2. The summed E-state index contributed by atoms with van der Waals surface area (Å²) in [7, 11) is 0. The average Bonchev–Trinajstić information content (AvgIpc) is 2.18. The lowest BCUT2D eigenvalue weighted by molar-refractivity contribution is 0.457. The van der Waals surface area contributed by atoms with Crippen molar-refractivity contribution in [3.63, 3.8) is 0 Å². The van der Waals surface area contributed by atoms with Crippen LogP contribution in [0.25, 0.3) is 0 Å². The first-order chi connectivity index (χ1) is 6.61. The van der Waals surface area contributed by atoms with E-state index in [9.17, 15) is 5.11 Å². The van der Waals surface area contributed by atoms with E-state index in [4.69, 9.17) is 11.0 Å². The molecule has 0 aliphatic carbocycles. The van der Waals surface area contributed by atoms with E-state index in [1.54, 1.807) is 12.1 Å². The molecule has 0 aliphatic heterocycles. The van der Waals surface area contributed by atoms with E-state index in [0.717, 1.165) is 4.47 Å². The molecule has 1 atom stereocenters. The molecule has 0 radical (unpaired) electrons. The summed E-state index contributed by atoms with van der Waals surface area (Å²) >= 11 is 3.30. The number of nitrogens with two attached hydrogens (primary N) is 1. The standard InChI is InChI=1S/C10H11BrN2O.ClH/c1-2-8(13)9-7(11)4-3-6(5-12)10(9)14;/h3-4,8,14H,2,13H2,1H3;1H/t8-;/m1./s1. The second-order valence-electron chi connectivity index (χ2n) is 2.98. The Bertz CT molecular complexity index is 390. The van der Waals surface area contributed by atoms with E-state index < -0.39 is 0 Å². The Morgan fingerprint density at radius 1 is 1.60 bits per heavy atom. The van der Waals surface area contributed by atoms with E-state index >= 15 is 0 Å². The summed E-state index contributed by atoms with van der Waals surface area (Å²) in [4.78, 5) is 0. The van der Waals surface area contributed by atoms with Crippen LogP contribution in [0.1, 0.15) is 30.5 Å². The highest BCUT2D eigenvalue weighted by atomic mass is 79.9. The molecule has 0 amide bonds. The maximum Gasteiger partial charge on any atom is 0.139 e. The minimum Gasteiger partial charge on any atom is -0.506 e. The Balaban J connectivity index is 0.00000196. The van der Waals surface area contributed by atoms with Crippen LogP contribution in [0.5, 0.6) is 5.75 Å². The predicted octanol–water partition coefficient (Wildman–Crippen LogP) is 2.86.